The molecule has 1 aliphatic rings. The first-order chi connectivity index (χ1) is 14.6. The first-order valence-electron chi connectivity index (χ1n) is 8.61. The summed E-state index contributed by atoms with van der Waals surface area (Å²) in [7, 11) is 2.45. The van der Waals surface area contributed by atoms with Gasteiger partial charge in [-0.1, -0.05) is 0 Å². The Kier molecular flexibility index (Phi) is 7.24. The molecule has 0 aliphatic carbocycles. The van der Waals surface area contributed by atoms with E-state index in [-0.39, 0.29) is 22.5 Å². The van der Waals surface area contributed by atoms with Gasteiger partial charge in [-0.05, 0) is 32.0 Å². The summed E-state index contributed by atoms with van der Waals surface area (Å²) in [5, 5.41) is 13.0. The molecule has 12 heteroatoms. The van der Waals surface area contributed by atoms with Crippen molar-refractivity contribution in [1.82, 2.24) is 11.0 Å². The fourth-order valence-corrected chi connectivity index (χ4v) is 2.69. The summed E-state index contributed by atoms with van der Waals surface area (Å²) in [4.78, 5) is 68.9. The van der Waals surface area contributed by atoms with Gasteiger partial charge in [0.05, 0.1) is 14.2 Å². The molecule has 0 radical (unpaired) electrons. The van der Waals surface area contributed by atoms with Crippen LogP contribution in [0.4, 0.5) is 5.69 Å². The predicted octanol–water partition coefficient (Wildman–Crippen LogP) is 0.439. The minimum atomic E-state index is -1.26. The topological polar surface area (TPSA) is 169 Å². The maximum Gasteiger partial charge on any atom is 0.353 e. The third kappa shape index (κ3) is 5.12. The van der Waals surface area contributed by atoms with Gasteiger partial charge in [-0.15, -0.1) is 0 Å². The fraction of sp³-hybridized carbons (Fsp3) is 0.211. The van der Waals surface area contributed by atoms with Gasteiger partial charge < -0.3 is 15.2 Å². The van der Waals surface area contributed by atoms with E-state index < -0.39 is 46.4 Å². The quantitative estimate of drug-likeness (QED) is 0.156. The van der Waals surface area contributed by atoms with Crippen LogP contribution >= 0.6 is 0 Å². The number of nitrogens with one attached hydrogen (secondary N) is 3. The molecule has 1 aliphatic heterocycles. The Morgan fingerprint density at radius 2 is 1.42 bits per heavy atom. The molecule has 0 saturated carbocycles. The Morgan fingerprint density at radius 3 is 1.87 bits per heavy atom. The van der Waals surface area contributed by atoms with Gasteiger partial charge in [0, 0.05) is 22.5 Å². The van der Waals surface area contributed by atoms with Crippen LogP contribution in [0.25, 0.3) is 0 Å². The molecule has 2 amide bonds. The van der Waals surface area contributed by atoms with Gasteiger partial charge in [0.1, 0.15) is 16.9 Å². The lowest BCUT2D eigenvalue weighted by Crippen LogP contribution is -2.29. The minimum Gasteiger partial charge on any atom is -0.506 e. The predicted molar refractivity (Wildman–Crippen MR) is 103 cm³/mol. The molecule has 0 unspecified atom stereocenters. The highest BCUT2D eigenvalue weighted by molar-refractivity contribution is 6.23. The standard InChI is InChI=1S/C19H19N3O9/c1-8(13-15(24)14(9(2)23)19(28)31-18(13)27)20-12-6-10(16(25)21-29-3)5-11(7-12)17(26)22-30-4/h5-7,20,24H,1-4H3,(H,21,25)(H,22,26)/b13-8-. The van der Waals surface area contributed by atoms with Crippen molar-refractivity contribution in [1.29, 1.82) is 0 Å². The van der Waals surface area contributed by atoms with Crippen LogP contribution in [0.2, 0.25) is 0 Å². The van der Waals surface area contributed by atoms with Crippen molar-refractivity contribution < 1.29 is 43.5 Å². The van der Waals surface area contributed by atoms with Crippen LogP contribution < -0.4 is 16.3 Å². The van der Waals surface area contributed by atoms with Crippen molar-refractivity contribution in [3.05, 3.63) is 51.9 Å². The molecule has 0 aromatic heterocycles. The second kappa shape index (κ2) is 9.65. The molecule has 0 spiro atoms. The van der Waals surface area contributed by atoms with E-state index in [4.69, 9.17) is 0 Å². The zero-order chi connectivity index (χ0) is 23.3. The van der Waals surface area contributed by atoms with Crippen LogP contribution in [0.3, 0.4) is 0 Å². The highest BCUT2D eigenvalue weighted by Crippen LogP contribution is 2.26. The number of hydrogen-bond acceptors (Lipinski definition) is 10. The maximum absolute atomic E-state index is 12.1. The van der Waals surface area contributed by atoms with Crippen molar-refractivity contribution in [2.75, 3.05) is 19.5 Å². The van der Waals surface area contributed by atoms with Crippen LogP contribution in [0.15, 0.2) is 40.8 Å². The van der Waals surface area contributed by atoms with Crippen LogP contribution in [-0.4, -0.2) is 48.9 Å². The second-order valence-corrected chi connectivity index (χ2v) is 6.15. The lowest BCUT2D eigenvalue weighted by molar-refractivity contribution is -0.155. The van der Waals surface area contributed by atoms with Crippen LogP contribution in [0.5, 0.6) is 0 Å². The largest absolute Gasteiger partial charge is 0.506 e. The number of hydrogen-bond donors (Lipinski definition) is 4. The lowest BCUT2D eigenvalue weighted by Gasteiger charge is -2.19. The number of rotatable bonds is 7. The molecule has 2 rings (SSSR count). The Balaban J connectivity index is 2.56. The van der Waals surface area contributed by atoms with Crippen molar-refractivity contribution in [2.24, 2.45) is 0 Å². The van der Waals surface area contributed by atoms with Crippen molar-refractivity contribution in [2.45, 2.75) is 13.8 Å². The van der Waals surface area contributed by atoms with Gasteiger partial charge in [-0.25, -0.2) is 20.5 Å². The van der Waals surface area contributed by atoms with Crippen molar-refractivity contribution in [3.8, 4) is 0 Å². The van der Waals surface area contributed by atoms with Gasteiger partial charge in [-0.3, -0.25) is 24.1 Å². The SMILES string of the molecule is CONC(=O)c1cc(N/C(C)=C2\C(=O)OC(=O)C(C(C)=O)=C2O)cc(C(=O)NOC)c1. The van der Waals surface area contributed by atoms with Gasteiger partial charge >= 0.3 is 11.9 Å². The fourth-order valence-electron chi connectivity index (χ4n) is 2.69. The van der Waals surface area contributed by atoms with Gasteiger partial charge in [0.15, 0.2) is 5.78 Å². The smallest absolute Gasteiger partial charge is 0.353 e. The minimum absolute atomic E-state index is 0.0106. The summed E-state index contributed by atoms with van der Waals surface area (Å²) in [5.74, 6) is -5.42. The molecular weight excluding hydrogens is 414 g/mol. The summed E-state index contributed by atoms with van der Waals surface area (Å²) in [6, 6.07) is 3.91. The second-order valence-electron chi connectivity index (χ2n) is 6.15. The summed E-state index contributed by atoms with van der Waals surface area (Å²) in [6.07, 6.45) is 0. The van der Waals surface area contributed by atoms with Crippen molar-refractivity contribution in [3.63, 3.8) is 0 Å². The van der Waals surface area contributed by atoms with Gasteiger partial charge in [0.2, 0.25) is 0 Å². The number of anilines is 1. The van der Waals surface area contributed by atoms with E-state index in [1.54, 1.807) is 0 Å². The molecule has 164 valence electrons. The first kappa shape index (κ1) is 23.3. The highest BCUT2D eigenvalue weighted by atomic mass is 16.6. The van der Waals surface area contributed by atoms with Crippen LogP contribution in [0, 0.1) is 0 Å². The molecule has 12 nitrogen and oxygen atoms in total. The van der Waals surface area contributed by atoms with Crippen LogP contribution in [-0.2, 0) is 28.8 Å². The van der Waals surface area contributed by atoms with E-state index in [0.29, 0.717) is 0 Å². The monoisotopic (exact) mass is 433 g/mol. The number of carbonyl (C=O) groups is 5. The molecule has 0 saturated heterocycles. The van der Waals surface area contributed by atoms with E-state index in [1.807, 2.05) is 0 Å². The Bertz CT molecular complexity index is 1000. The summed E-state index contributed by atoms with van der Waals surface area (Å²) < 4.78 is 4.51. The van der Waals surface area contributed by atoms with Gasteiger partial charge in [-0.2, -0.15) is 0 Å². The Hall–Kier alpha value is -4.03. The lowest BCUT2D eigenvalue weighted by atomic mass is 10.0. The number of benzene rings is 1. The molecular formula is C19H19N3O9. The molecule has 1 aromatic carbocycles. The zero-order valence-electron chi connectivity index (χ0n) is 16.9. The third-order valence-corrected chi connectivity index (χ3v) is 3.97. The first-order valence-corrected chi connectivity index (χ1v) is 8.61. The number of carbonyl (C=O) groups excluding carboxylic acids is 5. The van der Waals surface area contributed by atoms with Crippen molar-refractivity contribution >= 4 is 35.2 Å². The number of ether oxygens (including phenoxy) is 1. The van der Waals surface area contributed by atoms with E-state index in [2.05, 4.69) is 30.7 Å². The molecule has 1 heterocycles. The summed E-state index contributed by atoms with van der Waals surface area (Å²) >= 11 is 0. The molecule has 31 heavy (non-hydrogen) atoms. The molecule has 1 aromatic rings. The average molecular weight is 433 g/mol. The Morgan fingerprint density at radius 1 is 0.903 bits per heavy atom. The number of Topliss-reactive ketones (excluding diaryl/α,β-unsaturated/α-hetero) is 1. The number of ketones is 1. The number of esters is 2. The number of allylic oxidation sites excluding steroid dienone is 1. The number of amides is 2. The molecule has 0 fully saturated rings. The zero-order valence-corrected chi connectivity index (χ0v) is 16.9. The molecule has 4 N–H and O–H groups in total. The molecule has 0 bridgehead atoms. The van der Waals surface area contributed by atoms with E-state index >= 15 is 0 Å². The number of hydroxylamine groups is 2. The summed E-state index contributed by atoms with van der Waals surface area (Å²) in [5.41, 5.74) is 3.22. The number of aliphatic hydroxyl groups excluding tert-OH is 1. The number of cyclic esters (lactones) is 2. The summed E-state index contributed by atoms with van der Waals surface area (Å²) in [6.45, 7) is 2.39. The third-order valence-electron chi connectivity index (χ3n) is 3.97. The maximum atomic E-state index is 12.1. The van der Waals surface area contributed by atoms with Gasteiger partial charge in [0.25, 0.3) is 11.8 Å². The van der Waals surface area contributed by atoms with E-state index in [0.717, 1.165) is 6.92 Å². The van der Waals surface area contributed by atoms with E-state index in [9.17, 15) is 29.1 Å². The average Bonchev–Trinajstić information content (AvgIpc) is 2.67. The number of aliphatic hydroxyl groups is 1. The van der Waals surface area contributed by atoms with Crippen LogP contribution in [0.1, 0.15) is 34.6 Å². The normalized spacial score (nSPS) is 15.2. The Labute approximate surface area is 175 Å². The molecule has 0 atom stereocenters. The highest BCUT2D eigenvalue weighted by Gasteiger charge is 2.36. The van der Waals surface area contributed by atoms with E-state index in [1.165, 1.54) is 39.3 Å².